The molecule has 0 fully saturated rings. The van der Waals surface area contributed by atoms with Crippen LogP contribution in [0.15, 0.2) is 82.7 Å². The van der Waals surface area contributed by atoms with Gasteiger partial charge < -0.3 is 0 Å². The van der Waals surface area contributed by atoms with Gasteiger partial charge in [0.2, 0.25) is 0 Å². The molecule has 144 valence electrons. The van der Waals surface area contributed by atoms with E-state index in [1.165, 1.54) is 36.0 Å². The van der Waals surface area contributed by atoms with E-state index in [2.05, 4.69) is 31.1 Å². The number of nitrogens with zero attached hydrogens (tertiary/aromatic N) is 4. The zero-order valence-corrected chi connectivity index (χ0v) is 17.4. The highest BCUT2D eigenvalue weighted by atomic mass is 79.9. The van der Waals surface area contributed by atoms with Gasteiger partial charge in [-0.1, -0.05) is 27.7 Å². The van der Waals surface area contributed by atoms with E-state index in [1.807, 2.05) is 41.0 Å². The maximum Gasteiger partial charge on any atom is 0.196 e. The van der Waals surface area contributed by atoms with Crippen molar-refractivity contribution in [1.29, 1.82) is 0 Å². The maximum absolute atomic E-state index is 13.1. The van der Waals surface area contributed by atoms with Crippen LogP contribution in [-0.4, -0.2) is 31.3 Å². The largest absolute Gasteiger partial charge is 0.293 e. The van der Waals surface area contributed by atoms with E-state index >= 15 is 0 Å². The number of hydrogen-bond donors (Lipinski definition) is 0. The fourth-order valence-electron chi connectivity index (χ4n) is 2.72. The SMILES string of the molecule is O=C(CSc1nnc(-c2cccnc2)n1-c1ccc(Br)cc1)c1ccc(F)cc1. The van der Waals surface area contributed by atoms with Gasteiger partial charge in [-0.3, -0.25) is 14.3 Å². The lowest BCUT2D eigenvalue weighted by atomic mass is 10.1. The molecule has 5 nitrogen and oxygen atoms in total. The highest BCUT2D eigenvalue weighted by Gasteiger charge is 2.18. The second-order valence-electron chi connectivity index (χ2n) is 6.08. The van der Waals surface area contributed by atoms with Crippen molar-refractivity contribution in [2.75, 3.05) is 5.75 Å². The molecule has 0 aliphatic carbocycles. The summed E-state index contributed by atoms with van der Waals surface area (Å²) in [5.41, 5.74) is 2.15. The van der Waals surface area contributed by atoms with E-state index in [-0.39, 0.29) is 17.4 Å². The van der Waals surface area contributed by atoms with Crippen molar-refractivity contribution in [1.82, 2.24) is 19.7 Å². The fourth-order valence-corrected chi connectivity index (χ4v) is 3.83. The number of hydrogen-bond acceptors (Lipinski definition) is 5. The monoisotopic (exact) mass is 468 g/mol. The molecular formula is C21H14BrFN4OS. The summed E-state index contributed by atoms with van der Waals surface area (Å²) in [4.78, 5) is 16.6. The molecule has 0 unspecified atom stereocenters. The van der Waals surface area contributed by atoms with Crippen LogP contribution in [0.2, 0.25) is 0 Å². The number of carbonyl (C=O) groups excluding carboxylic acids is 1. The first-order valence-corrected chi connectivity index (χ1v) is 10.4. The van der Waals surface area contributed by atoms with Crippen molar-refractivity contribution in [3.8, 4) is 17.1 Å². The third-order valence-corrected chi connectivity index (χ3v) is 5.59. The number of aromatic nitrogens is 4. The summed E-state index contributed by atoms with van der Waals surface area (Å²) in [6.45, 7) is 0. The highest BCUT2D eigenvalue weighted by molar-refractivity contribution is 9.10. The molecule has 0 aliphatic rings. The molecule has 0 aliphatic heterocycles. The number of halogens is 2. The number of rotatable bonds is 6. The quantitative estimate of drug-likeness (QED) is 0.287. The van der Waals surface area contributed by atoms with E-state index in [9.17, 15) is 9.18 Å². The molecule has 0 spiro atoms. The Morgan fingerprint density at radius 2 is 1.79 bits per heavy atom. The van der Waals surface area contributed by atoms with Gasteiger partial charge in [-0.05, 0) is 60.7 Å². The summed E-state index contributed by atoms with van der Waals surface area (Å²) in [6.07, 6.45) is 3.42. The third-order valence-electron chi connectivity index (χ3n) is 4.14. The third kappa shape index (κ3) is 4.44. The van der Waals surface area contributed by atoms with Crippen LogP contribution in [0.5, 0.6) is 0 Å². The average molecular weight is 469 g/mol. The normalized spacial score (nSPS) is 10.8. The van der Waals surface area contributed by atoms with E-state index < -0.39 is 0 Å². The van der Waals surface area contributed by atoms with Crippen LogP contribution < -0.4 is 0 Å². The summed E-state index contributed by atoms with van der Waals surface area (Å²) >= 11 is 4.73. The minimum Gasteiger partial charge on any atom is -0.293 e. The van der Waals surface area contributed by atoms with Gasteiger partial charge in [0.25, 0.3) is 0 Å². The minimum absolute atomic E-state index is 0.108. The number of benzene rings is 2. The zero-order valence-electron chi connectivity index (χ0n) is 15.0. The zero-order chi connectivity index (χ0) is 20.2. The Kier molecular flexibility index (Phi) is 5.82. The second kappa shape index (κ2) is 8.67. The topological polar surface area (TPSA) is 60.7 Å². The molecule has 8 heteroatoms. The predicted molar refractivity (Wildman–Crippen MR) is 114 cm³/mol. The van der Waals surface area contributed by atoms with Gasteiger partial charge in [0.15, 0.2) is 16.8 Å². The lowest BCUT2D eigenvalue weighted by Crippen LogP contribution is -2.05. The van der Waals surface area contributed by atoms with Crippen LogP contribution in [0, 0.1) is 5.82 Å². The van der Waals surface area contributed by atoms with Crippen LogP contribution in [0.25, 0.3) is 17.1 Å². The van der Waals surface area contributed by atoms with Crippen LogP contribution >= 0.6 is 27.7 Å². The Morgan fingerprint density at radius 3 is 2.48 bits per heavy atom. The molecule has 0 amide bonds. The molecule has 2 heterocycles. The Hall–Kier alpha value is -2.84. The Bertz CT molecular complexity index is 1130. The van der Waals surface area contributed by atoms with Crippen molar-refractivity contribution >= 4 is 33.5 Å². The molecule has 0 saturated heterocycles. The standard InChI is InChI=1S/C21H14BrFN4OS/c22-16-5-9-18(10-6-16)27-20(15-2-1-11-24-12-15)25-26-21(27)29-13-19(28)14-3-7-17(23)8-4-14/h1-12H,13H2. The van der Waals surface area contributed by atoms with Crippen LogP contribution in [0.1, 0.15) is 10.4 Å². The molecule has 0 N–H and O–H groups in total. The van der Waals surface area contributed by atoms with Crippen LogP contribution in [0.3, 0.4) is 0 Å². The molecule has 4 rings (SSSR count). The van der Waals surface area contributed by atoms with Crippen molar-refractivity contribution in [3.05, 3.63) is 88.9 Å². The summed E-state index contributed by atoms with van der Waals surface area (Å²) in [7, 11) is 0. The first kappa shape index (κ1) is 19.5. The van der Waals surface area contributed by atoms with Crippen molar-refractivity contribution < 1.29 is 9.18 Å². The van der Waals surface area contributed by atoms with Crippen LogP contribution in [-0.2, 0) is 0 Å². The van der Waals surface area contributed by atoms with E-state index in [1.54, 1.807) is 12.4 Å². The summed E-state index contributed by atoms with van der Waals surface area (Å²) in [6, 6.07) is 17.0. The summed E-state index contributed by atoms with van der Waals surface area (Å²) in [5, 5.41) is 9.21. The maximum atomic E-state index is 13.1. The molecule has 2 aromatic carbocycles. The number of carbonyl (C=O) groups is 1. The van der Waals surface area contributed by atoms with Crippen molar-refractivity contribution in [3.63, 3.8) is 0 Å². The molecule has 4 aromatic rings. The molecule has 2 aromatic heterocycles. The number of pyridine rings is 1. The molecule has 0 radical (unpaired) electrons. The molecule has 0 atom stereocenters. The first-order valence-electron chi connectivity index (χ1n) is 8.65. The van der Waals surface area contributed by atoms with Crippen molar-refractivity contribution in [2.45, 2.75) is 5.16 Å². The molecule has 29 heavy (non-hydrogen) atoms. The van der Waals surface area contributed by atoms with Gasteiger partial charge in [0.1, 0.15) is 5.82 Å². The molecular weight excluding hydrogens is 455 g/mol. The molecule has 0 saturated carbocycles. The molecule has 0 bridgehead atoms. The Balaban J connectivity index is 1.66. The number of ketones is 1. The van der Waals surface area contributed by atoms with Gasteiger partial charge in [-0.15, -0.1) is 10.2 Å². The fraction of sp³-hybridized carbons (Fsp3) is 0.0476. The van der Waals surface area contributed by atoms with Crippen molar-refractivity contribution in [2.24, 2.45) is 0 Å². The number of thioether (sulfide) groups is 1. The van der Waals surface area contributed by atoms with E-state index in [0.717, 1.165) is 15.7 Å². The summed E-state index contributed by atoms with van der Waals surface area (Å²) in [5.74, 6) is 0.318. The minimum atomic E-state index is -0.370. The van der Waals surface area contributed by atoms with E-state index in [0.29, 0.717) is 16.5 Å². The van der Waals surface area contributed by atoms with Gasteiger partial charge in [-0.2, -0.15) is 0 Å². The van der Waals surface area contributed by atoms with Gasteiger partial charge in [0, 0.05) is 33.7 Å². The predicted octanol–water partition coefficient (Wildman–Crippen LogP) is 5.21. The Morgan fingerprint density at radius 1 is 1.03 bits per heavy atom. The second-order valence-corrected chi connectivity index (χ2v) is 7.94. The number of Topliss-reactive ketones (excluding diaryl/α,β-unsaturated/α-hetero) is 1. The van der Waals surface area contributed by atoms with Gasteiger partial charge >= 0.3 is 0 Å². The van der Waals surface area contributed by atoms with Crippen LogP contribution in [0.4, 0.5) is 4.39 Å². The Labute approximate surface area is 179 Å². The smallest absolute Gasteiger partial charge is 0.196 e. The first-order chi connectivity index (χ1) is 14.1. The van der Waals surface area contributed by atoms with Gasteiger partial charge in [-0.25, -0.2) is 4.39 Å². The van der Waals surface area contributed by atoms with Gasteiger partial charge in [0.05, 0.1) is 5.75 Å². The lowest BCUT2D eigenvalue weighted by molar-refractivity contribution is 0.102. The average Bonchev–Trinajstić information content (AvgIpc) is 3.17. The lowest BCUT2D eigenvalue weighted by Gasteiger charge is -2.10. The van der Waals surface area contributed by atoms with E-state index in [4.69, 9.17) is 0 Å². The summed E-state index contributed by atoms with van der Waals surface area (Å²) < 4.78 is 15.9. The highest BCUT2D eigenvalue weighted by Crippen LogP contribution is 2.28.